The molecule has 0 aromatic carbocycles. The van der Waals surface area contributed by atoms with Crippen molar-refractivity contribution in [2.75, 3.05) is 0 Å². The zero-order valence-electron chi connectivity index (χ0n) is 7.17. The van der Waals surface area contributed by atoms with E-state index in [2.05, 4.69) is 6.58 Å². The maximum absolute atomic E-state index is 11.0. The predicted molar refractivity (Wildman–Crippen MR) is 47.4 cm³/mol. The van der Waals surface area contributed by atoms with Crippen molar-refractivity contribution in [2.24, 2.45) is 0 Å². The van der Waals surface area contributed by atoms with Crippen LogP contribution in [0.15, 0.2) is 36.1 Å². The lowest BCUT2D eigenvalue weighted by molar-refractivity contribution is -0.135. The second-order valence-electron chi connectivity index (χ2n) is 2.77. The Hall–Kier alpha value is -1.31. The van der Waals surface area contributed by atoms with Gasteiger partial charge in [0.15, 0.2) is 0 Å². The van der Waals surface area contributed by atoms with Gasteiger partial charge in [-0.3, -0.25) is 0 Å². The molecule has 12 heavy (non-hydrogen) atoms. The maximum atomic E-state index is 11.0. The lowest BCUT2D eigenvalue weighted by Crippen LogP contribution is -2.05. The van der Waals surface area contributed by atoms with Gasteiger partial charge in [0.2, 0.25) is 0 Å². The largest absolute Gasteiger partial charge is 0.428 e. The SMILES string of the molecule is C=C(C)C(=O)OC1=CC=CCC1. The molecule has 0 saturated carbocycles. The third kappa shape index (κ3) is 2.38. The second-order valence-corrected chi connectivity index (χ2v) is 2.77. The molecule has 0 radical (unpaired) electrons. The van der Waals surface area contributed by atoms with Gasteiger partial charge < -0.3 is 4.74 Å². The summed E-state index contributed by atoms with van der Waals surface area (Å²) in [5.41, 5.74) is 0.436. The van der Waals surface area contributed by atoms with E-state index in [1.807, 2.05) is 18.2 Å². The summed E-state index contributed by atoms with van der Waals surface area (Å²) in [4.78, 5) is 11.0. The fourth-order valence-electron chi connectivity index (χ4n) is 0.872. The quantitative estimate of drug-likeness (QED) is 0.462. The van der Waals surface area contributed by atoms with Gasteiger partial charge >= 0.3 is 5.97 Å². The van der Waals surface area contributed by atoms with Gasteiger partial charge in [0, 0.05) is 12.0 Å². The second kappa shape index (κ2) is 3.90. The van der Waals surface area contributed by atoms with Gasteiger partial charge in [-0.25, -0.2) is 4.79 Å². The molecule has 0 saturated heterocycles. The first kappa shape index (κ1) is 8.78. The zero-order valence-corrected chi connectivity index (χ0v) is 7.17. The first-order valence-electron chi connectivity index (χ1n) is 3.93. The number of allylic oxidation sites excluding steroid dienone is 4. The van der Waals surface area contributed by atoms with Crippen LogP contribution >= 0.6 is 0 Å². The summed E-state index contributed by atoms with van der Waals surface area (Å²) in [6.45, 7) is 5.14. The van der Waals surface area contributed by atoms with E-state index in [4.69, 9.17) is 4.74 Å². The van der Waals surface area contributed by atoms with Crippen LogP contribution in [0.25, 0.3) is 0 Å². The summed E-state index contributed by atoms with van der Waals surface area (Å²) >= 11 is 0. The van der Waals surface area contributed by atoms with E-state index in [0.717, 1.165) is 18.6 Å². The standard InChI is InChI=1S/C10H12O2/c1-8(2)10(11)12-9-6-4-3-5-7-9/h3-4,6H,1,5,7H2,2H3. The van der Waals surface area contributed by atoms with Crippen LogP contribution in [0.5, 0.6) is 0 Å². The Kier molecular flexibility index (Phi) is 2.86. The average molecular weight is 164 g/mol. The molecule has 0 aliphatic heterocycles. The first-order chi connectivity index (χ1) is 5.70. The van der Waals surface area contributed by atoms with Gasteiger partial charge in [-0.1, -0.05) is 18.7 Å². The number of carbonyl (C=O) groups is 1. The van der Waals surface area contributed by atoms with Crippen LogP contribution in [0.3, 0.4) is 0 Å². The molecule has 0 amide bonds. The highest BCUT2D eigenvalue weighted by Crippen LogP contribution is 2.14. The number of hydrogen-bond donors (Lipinski definition) is 0. The van der Waals surface area contributed by atoms with Crippen LogP contribution in [0, 0.1) is 0 Å². The highest BCUT2D eigenvalue weighted by atomic mass is 16.5. The molecule has 0 bridgehead atoms. The van der Waals surface area contributed by atoms with Crippen LogP contribution < -0.4 is 0 Å². The van der Waals surface area contributed by atoms with Gasteiger partial charge in [0.25, 0.3) is 0 Å². The third-order valence-corrected chi connectivity index (χ3v) is 1.55. The maximum Gasteiger partial charge on any atom is 0.338 e. The van der Waals surface area contributed by atoms with Gasteiger partial charge in [-0.2, -0.15) is 0 Å². The van der Waals surface area contributed by atoms with Crippen molar-refractivity contribution in [3.8, 4) is 0 Å². The molecular formula is C10H12O2. The van der Waals surface area contributed by atoms with E-state index in [-0.39, 0.29) is 5.97 Å². The average Bonchev–Trinajstić information content (AvgIpc) is 2.06. The molecule has 0 fully saturated rings. The summed E-state index contributed by atoms with van der Waals surface area (Å²) in [6, 6.07) is 0. The minimum Gasteiger partial charge on any atom is -0.428 e. The smallest absolute Gasteiger partial charge is 0.338 e. The highest BCUT2D eigenvalue weighted by molar-refractivity contribution is 5.87. The molecule has 0 aromatic heterocycles. The Morgan fingerprint density at radius 1 is 1.67 bits per heavy atom. The van der Waals surface area contributed by atoms with Gasteiger partial charge in [-0.05, 0) is 19.4 Å². The number of hydrogen-bond acceptors (Lipinski definition) is 2. The van der Waals surface area contributed by atoms with Crippen LogP contribution in [0.4, 0.5) is 0 Å². The zero-order chi connectivity index (χ0) is 8.97. The minimum absolute atomic E-state index is 0.337. The molecule has 0 atom stereocenters. The topological polar surface area (TPSA) is 26.3 Å². The predicted octanol–water partition coefficient (Wildman–Crippen LogP) is 2.34. The molecule has 2 heteroatoms. The summed E-state index contributed by atoms with van der Waals surface area (Å²) in [5, 5.41) is 0. The van der Waals surface area contributed by atoms with Crippen LogP contribution in [-0.2, 0) is 9.53 Å². The lowest BCUT2D eigenvalue weighted by Gasteiger charge is -2.08. The van der Waals surface area contributed by atoms with Crippen molar-refractivity contribution >= 4 is 5.97 Å². The van der Waals surface area contributed by atoms with Crippen molar-refractivity contribution < 1.29 is 9.53 Å². The Morgan fingerprint density at radius 3 is 2.92 bits per heavy atom. The van der Waals surface area contributed by atoms with E-state index >= 15 is 0 Å². The van der Waals surface area contributed by atoms with Crippen molar-refractivity contribution in [2.45, 2.75) is 19.8 Å². The Bertz CT molecular complexity index is 259. The molecule has 0 unspecified atom stereocenters. The fourth-order valence-corrected chi connectivity index (χ4v) is 0.872. The fraction of sp³-hybridized carbons (Fsp3) is 0.300. The van der Waals surface area contributed by atoms with Crippen LogP contribution in [0.2, 0.25) is 0 Å². The Balaban J connectivity index is 2.51. The Morgan fingerprint density at radius 2 is 2.42 bits per heavy atom. The molecular weight excluding hydrogens is 152 g/mol. The molecule has 1 rings (SSSR count). The van der Waals surface area contributed by atoms with E-state index in [1.54, 1.807) is 6.92 Å². The van der Waals surface area contributed by atoms with Crippen LogP contribution in [-0.4, -0.2) is 5.97 Å². The van der Waals surface area contributed by atoms with Crippen molar-refractivity contribution in [3.63, 3.8) is 0 Å². The third-order valence-electron chi connectivity index (χ3n) is 1.55. The molecule has 1 aliphatic rings. The lowest BCUT2D eigenvalue weighted by atomic mass is 10.2. The van der Waals surface area contributed by atoms with E-state index in [0.29, 0.717) is 5.57 Å². The molecule has 0 heterocycles. The number of ether oxygens (including phenoxy) is 1. The van der Waals surface area contributed by atoms with Crippen molar-refractivity contribution in [3.05, 3.63) is 36.1 Å². The van der Waals surface area contributed by atoms with E-state index < -0.39 is 0 Å². The van der Waals surface area contributed by atoms with Crippen LogP contribution in [0.1, 0.15) is 19.8 Å². The van der Waals surface area contributed by atoms with Crippen molar-refractivity contribution in [1.82, 2.24) is 0 Å². The van der Waals surface area contributed by atoms with Gasteiger partial charge in [0.05, 0.1) is 0 Å². The molecule has 2 nitrogen and oxygen atoms in total. The number of rotatable bonds is 2. The van der Waals surface area contributed by atoms with Gasteiger partial charge in [-0.15, -0.1) is 0 Å². The molecule has 0 spiro atoms. The van der Waals surface area contributed by atoms with E-state index in [9.17, 15) is 4.79 Å². The normalized spacial score (nSPS) is 15.2. The number of esters is 1. The van der Waals surface area contributed by atoms with Crippen molar-refractivity contribution in [1.29, 1.82) is 0 Å². The molecule has 64 valence electrons. The van der Waals surface area contributed by atoms with Gasteiger partial charge in [0.1, 0.15) is 5.76 Å². The summed E-state index contributed by atoms with van der Waals surface area (Å²) in [5.74, 6) is 0.391. The minimum atomic E-state index is -0.337. The molecule has 0 aromatic rings. The molecule has 1 aliphatic carbocycles. The Labute approximate surface area is 72.2 Å². The van der Waals surface area contributed by atoms with E-state index in [1.165, 1.54) is 0 Å². The number of carbonyl (C=O) groups excluding carboxylic acids is 1. The summed E-state index contributed by atoms with van der Waals surface area (Å²) in [7, 11) is 0. The monoisotopic (exact) mass is 164 g/mol. The summed E-state index contributed by atoms with van der Waals surface area (Å²) < 4.78 is 5.02. The first-order valence-corrected chi connectivity index (χ1v) is 3.93. The molecule has 0 N–H and O–H groups in total. The summed E-state index contributed by atoms with van der Waals surface area (Å²) in [6.07, 6.45) is 7.48. The highest BCUT2D eigenvalue weighted by Gasteiger charge is 2.07.